The van der Waals surface area contributed by atoms with Crippen molar-refractivity contribution in [2.75, 3.05) is 6.26 Å². The summed E-state index contributed by atoms with van der Waals surface area (Å²) in [7, 11) is -3.27. The first-order chi connectivity index (χ1) is 6.54. The van der Waals surface area contributed by atoms with E-state index in [1.54, 1.807) is 6.07 Å². The van der Waals surface area contributed by atoms with Gasteiger partial charge in [0.1, 0.15) is 0 Å². The Balaban J connectivity index is 2.84. The molecule has 1 aromatic rings. The first kappa shape index (κ1) is 10.7. The van der Waals surface area contributed by atoms with Crippen molar-refractivity contribution in [1.82, 2.24) is 0 Å². The molecular formula is C10H11NO2S. The van der Waals surface area contributed by atoms with Gasteiger partial charge >= 0.3 is 0 Å². The third kappa shape index (κ3) is 2.86. The predicted octanol–water partition coefficient (Wildman–Crippen LogP) is 1.17. The van der Waals surface area contributed by atoms with Crippen LogP contribution in [0.3, 0.4) is 0 Å². The van der Waals surface area contributed by atoms with E-state index in [-0.39, 0.29) is 6.42 Å². The van der Waals surface area contributed by atoms with Gasteiger partial charge in [-0.1, -0.05) is 30.3 Å². The van der Waals surface area contributed by atoms with Crippen LogP contribution in [0.15, 0.2) is 30.3 Å². The fourth-order valence-electron chi connectivity index (χ4n) is 1.12. The summed E-state index contributed by atoms with van der Waals surface area (Å²) in [5.74, 6) is 0. The van der Waals surface area contributed by atoms with Crippen LogP contribution in [0.1, 0.15) is 5.56 Å². The zero-order chi connectivity index (χ0) is 10.6. The van der Waals surface area contributed by atoms with Crippen LogP contribution >= 0.6 is 0 Å². The van der Waals surface area contributed by atoms with Gasteiger partial charge in [0, 0.05) is 12.7 Å². The lowest BCUT2D eigenvalue weighted by Gasteiger charge is -2.05. The molecule has 1 aromatic carbocycles. The topological polar surface area (TPSA) is 57.9 Å². The molecule has 1 unspecified atom stereocenters. The molecule has 0 fully saturated rings. The number of rotatable bonds is 3. The minimum atomic E-state index is -3.27. The molecule has 0 saturated heterocycles. The maximum atomic E-state index is 11.1. The Labute approximate surface area is 83.9 Å². The summed E-state index contributed by atoms with van der Waals surface area (Å²) < 4.78 is 22.3. The smallest absolute Gasteiger partial charge is 0.163 e. The van der Waals surface area contributed by atoms with Crippen LogP contribution in [0.25, 0.3) is 0 Å². The highest BCUT2D eigenvalue weighted by atomic mass is 32.2. The van der Waals surface area contributed by atoms with Crippen molar-refractivity contribution in [2.24, 2.45) is 0 Å². The van der Waals surface area contributed by atoms with Gasteiger partial charge in [-0.05, 0) is 5.56 Å². The van der Waals surface area contributed by atoms with E-state index in [0.29, 0.717) is 0 Å². The van der Waals surface area contributed by atoms with Gasteiger partial charge in [-0.25, -0.2) is 8.42 Å². The van der Waals surface area contributed by atoms with Crippen LogP contribution in [0.5, 0.6) is 0 Å². The third-order valence-corrected chi connectivity index (χ3v) is 3.23. The van der Waals surface area contributed by atoms with Crippen LogP contribution in [-0.4, -0.2) is 19.9 Å². The van der Waals surface area contributed by atoms with Gasteiger partial charge < -0.3 is 0 Å². The first-order valence-electron chi connectivity index (χ1n) is 4.16. The SMILES string of the molecule is CS(=O)(=O)C(C#N)Cc1ccccc1. The Bertz CT molecular complexity index is 431. The number of hydrogen-bond donors (Lipinski definition) is 0. The number of hydrogen-bond acceptors (Lipinski definition) is 3. The second-order valence-corrected chi connectivity index (χ2v) is 5.37. The van der Waals surface area contributed by atoms with Gasteiger partial charge in [0.2, 0.25) is 0 Å². The minimum absolute atomic E-state index is 0.260. The van der Waals surface area contributed by atoms with Crippen molar-refractivity contribution in [2.45, 2.75) is 11.7 Å². The Morgan fingerprint density at radius 2 is 1.93 bits per heavy atom. The maximum Gasteiger partial charge on any atom is 0.163 e. The molecule has 1 atom stereocenters. The molecule has 0 spiro atoms. The monoisotopic (exact) mass is 209 g/mol. The number of sulfone groups is 1. The molecular weight excluding hydrogens is 198 g/mol. The van der Waals surface area contributed by atoms with Crippen molar-refractivity contribution >= 4 is 9.84 Å². The Hall–Kier alpha value is -1.34. The van der Waals surface area contributed by atoms with E-state index in [0.717, 1.165) is 11.8 Å². The van der Waals surface area contributed by atoms with Gasteiger partial charge in [0.15, 0.2) is 15.1 Å². The Morgan fingerprint density at radius 1 is 1.36 bits per heavy atom. The molecule has 3 nitrogen and oxygen atoms in total. The molecule has 14 heavy (non-hydrogen) atoms. The number of benzene rings is 1. The largest absolute Gasteiger partial charge is 0.228 e. The van der Waals surface area contributed by atoms with Gasteiger partial charge in [-0.3, -0.25) is 0 Å². The highest BCUT2D eigenvalue weighted by Crippen LogP contribution is 2.08. The molecule has 0 aliphatic rings. The van der Waals surface area contributed by atoms with Crippen LogP contribution in [-0.2, 0) is 16.3 Å². The fraction of sp³-hybridized carbons (Fsp3) is 0.300. The van der Waals surface area contributed by atoms with Crippen LogP contribution in [0.4, 0.5) is 0 Å². The van der Waals surface area contributed by atoms with Gasteiger partial charge in [0.25, 0.3) is 0 Å². The molecule has 0 heterocycles. The minimum Gasteiger partial charge on any atom is -0.228 e. The van der Waals surface area contributed by atoms with Crippen LogP contribution < -0.4 is 0 Å². The van der Waals surface area contributed by atoms with E-state index < -0.39 is 15.1 Å². The van der Waals surface area contributed by atoms with Crippen LogP contribution in [0.2, 0.25) is 0 Å². The van der Waals surface area contributed by atoms with Gasteiger partial charge in [-0.2, -0.15) is 5.26 Å². The highest BCUT2D eigenvalue weighted by Gasteiger charge is 2.19. The standard InChI is InChI=1S/C10H11NO2S/c1-14(12,13)10(8-11)7-9-5-3-2-4-6-9/h2-6,10H,7H2,1H3. The Kier molecular flexibility index (Phi) is 3.26. The third-order valence-electron chi connectivity index (χ3n) is 1.92. The van der Waals surface area contributed by atoms with Crippen LogP contribution in [0, 0.1) is 11.3 Å². The quantitative estimate of drug-likeness (QED) is 0.750. The zero-order valence-corrected chi connectivity index (χ0v) is 8.66. The van der Waals surface area contributed by atoms with E-state index in [1.165, 1.54) is 0 Å². The average molecular weight is 209 g/mol. The summed E-state index contributed by atoms with van der Waals surface area (Å²) in [4.78, 5) is 0. The molecule has 4 heteroatoms. The number of nitrogens with zero attached hydrogens (tertiary/aromatic N) is 1. The van der Waals surface area contributed by atoms with Crippen molar-refractivity contribution in [3.05, 3.63) is 35.9 Å². The van der Waals surface area contributed by atoms with Crippen molar-refractivity contribution < 1.29 is 8.42 Å². The molecule has 74 valence electrons. The average Bonchev–Trinajstić information content (AvgIpc) is 2.14. The summed E-state index contributed by atoms with van der Waals surface area (Å²) in [5.41, 5.74) is 0.865. The molecule has 0 aromatic heterocycles. The molecule has 0 radical (unpaired) electrons. The van der Waals surface area contributed by atoms with Crippen molar-refractivity contribution in [3.63, 3.8) is 0 Å². The van der Waals surface area contributed by atoms with Crippen molar-refractivity contribution in [3.8, 4) is 6.07 Å². The first-order valence-corrected chi connectivity index (χ1v) is 6.12. The molecule has 0 aliphatic carbocycles. The van der Waals surface area contributed by atoms with Gasteiger partial charge in [-0.15, -0.1) is 0 Å². The highest BCUT2D eigenvalue weighted by molar-refractivity contribution is 7.91. The number of nitriles is 1. The van der Waals surface area contributed by atoms with E-state index in [1.807, 2.05) is 30.3 Å². The predicted molar refractivity (Wildman–Crippen MR) is 54.4 cm³/mol. The summed E-state index contributed by atoms with van der Waals surface area (Å²) in [6, 6.07) is 10.9. The lowest BCUT2D eigenvalue weighted by molar-refractivity contribution is 0.594. The van der Waals surface area contributed by atoms with E-state index >= 15 is 0 Å². The van der Waals surface area contributed by atoms with E-state index in [4.69, 9.17) is 5.26 Å². The van der Waals surface area contributed by atoms with Crippen molar-refractivity contribution in [1.29, 1.82) is 5.26 Å². The lowest BCUT2D eigenvalue weighted by atomic mass is 10.1. The summed E-state index contributed by atoms with van der Waals surface area (Å²) >= 11 is 0. The summed E-state index contributed by atoms with van der Waals surface area (Å²) in [6.45, 7) is 0. The van der Waals surface area contributed by atoms with E-state index in [2.05, 4.69) is 0 Å². The zero-order valence-electron chi connectivity index (χ0n) is 7.84. The summed E-state index contributed by atoms with van der Waals surface area (Å²) in [5, 5.41) is 7.75. The molecule has 1 rings (SSSR count). The Morgan fingerprint density at radius 3 is 2.36 bits per heavy atom. The van der Waals surface area contributed by atoms with E-state index in [9.17, 15) is 8.42 Å². The van der Waals surface area contributed by atoms with Gasteiger partial charge in [0.05, 0.1) is 6.07 Å². The molecule has 0 saturated carbocycles. The molecule has 0 amide bonds. The second kappa shape index (κ2) is 4.25. The summed E-state index contributed by atoms with van der Waals surface area (Å²) in [6.07, 6.45) is 1.35. The normalized spacial score (nSPS) is 13.1. The molecule has 0 aliphatic heterocycles. The fourth-order valence-corrected chi connectivity index (χ4v) is 1.81. The lowest BCUT2D eigenvalue weighted by Crippen LogP contribution is -2.20. The molecule has 0 bridgehead atoms. The molecule has 0 N–H and O–H groups in total. The second-order valence-electron chi connectivity index (χ2n) is 3.14. The maximum absolute atomic E-state index is 11.1.